The molecule has 2 fully saturated rings. The minimum absolute atomic E-state index is 0.0687. The number of carbonyl (C=O) groups excluding carboxylic acids is 1. The van der Waals surface area contributed by atoms with Gasteiger partial charge in [-0.05, 0) is 46.0 Å². The summed E-state index contributed by atoms with van der Waals surface area (Å²) in [5.74, 6) is 1.31. The quantitative estimate of drug-likeness (QED) is 0.944. The molecule has 1 N–H and O–H groups in total. The van der Waals surface area contributed by atoms with Crippen LogP contribution >= 0.6 is 0 Å². The molecule has 0 unspecified atom stereocenters. The molecule has 0 aromatic carbocycles. The van der Waals surface area contributed by atoms with Crippen molar-refractivity contribution >= 4 is 5.91 Å². The van der Waals surface area contributed by atoms with Crippen LogP contribution in [0, 0.1) is 19.8 Å². The van der Waals surface area contributed by atoms with Crippen molar-refractivity contribution < 1.29 is 9.32 Å². The zero-order valence-electron chi connectivity index (χ0n) is 13.6. The van der Waals surface area contributed by atoms with Crippen LogP contribution in [-0.2, 0) is 4.79 Å². The molecule has 0 spiro atoms. The van der Waals surface area contributed by atoms with Crippen LogP contribution in [0.4, 0.5) is 0 Å². The number of aromatic nitrogens is 3. The number of likely N-dealkylation sites (tertiary alicyclic amines) is 1. The first kappa shape index (κ1) is 14.5. The SMILES string of the molecule is Cc1noc(-c2cn[nH]c2[C@@H]2CCCCN2C(=O)C2CC2)c1C. The Kier molecular flexibility index (Phi) is 3.47. The van der Waals surface area contributed by atoms with Crippen LogP contribution in [0.25, 0.3) is 11.3 Å². The van der Waals surface area contributed by atoms with Gasteiger partial charge in [0.25, 0.3) is 0 Å². The summed E-state index contributed by atoms with van der Waals surface area (Å²) in [4.78, 5) is 14.7. The van der Waals surface area contributed by atoms with Gasteiger partial charge in [-0.25, -0.2) is 0 Å². The maximum Gasteiger partial charge on any atom is 0.226 e. The average molecular weight is 314 g/mol. The normalized spacial score (nSPS) is 21.7. The molecule has 1 saturated heterocycles. The number of aromatic amines is 1. The Morgan fingerprint density at radius 2 is 2.13 bits per heavy atom. The van der Waals surface area contributed by atoms with Crippen LogP contribution in [0.3, 0.4) is 0 Å². The summed E-state index contributed by atoms with van der Waals surface area (Å²) in [6.07, 6.45) is 7.05. The standard InChI is InChI=1S/C17H22N4O2/c1-10-11(2)20-23-16(10)13-9-18-19-15(13)14-5-3-4-8-21(14)17(22)12-6-7-12/h9,12,14H,3-8H2,1-2H3,(H,18,19)/t14-/m0/s1. The number of amides is 1. The van der Waals surface area contributed by atoms with Crippen molar-refractivity contribution in [2.24, 2.45) is 5.92 Å². The number of hydrogen-bond acceptors (Lipinski definition) is 4. The van der Waals surface area contributed by atoms with Gasteiger partial charge in [-0.2, -0.15) is 5.10 Å². The predicted octanol–water partition coefficient (Wildman–Crippen LogP) is 3.15. The fraction of sp³-hybridized carbons (Fsp3) is 0.588. The zero-order chi connectivity index (χ0) is 16.0. The zero-order valence-corrected chi connectivity index (χ0v) is 13.6. The molecule has 2 aromatic heterocycles. The van der Waals surface area contributed by atoms with Gasteiger partial charge < -0.3 is 9.42 Å². The Hall–Kier alpha value is -2.11. The maximum absolute atomic E-state index is 12.6. The number of aryl methyl sites for hydroxylation is 1. The highest BCUT2D eigenvalue weighted by atomic mass is 16.5. The lowest BCUT2D eigenvalue weighted by Crippen LogP contribution is -2.39. The Morgan fingerprint density at radius 1 is 1.30 bits per heavy atom. The number of rotatable bonds is 3. The van der Waals surface area contributed by atoms with E-state index >= 15 is 0 Å². The van der Waals surface area contributed by atoms with Crippen molar-refractivity contribution in [3.05, 3.63) is 23.1 Å². The van der Waals surface area contributed by atoms with Gasteiger partial charge in [-0.3, -0.25) is 9.89 Å². The van der Waals surface area contributed by atoms with E-state index in [-0.39, 0.29) is 12.0 Å². The largest absolute Gasteiger partial charge is 0.356 e. The van der Waals surface area contributed by atoms with Gasteiger partial charge >= 0.3 is 0 Å². The summed E-state index contributed by atoms with van der Waals surface area (Å²) in [7, 11) is 0. The minimum atomic E-state index is 0.0687. The Morgan fingerprint density at radius 3 is 2.83 bits per heavy atom. The number of H-pyrrole nitrogens is 1. The first-order chi connectivity index (χ1) is 11.2. The molecule has 2 aliphatic rings. The number of nitrogens with one attached hydrogen (secondary N) is 1. The van der Waals surface area contributed by atoms with Crippen LogP contribution in [0.2, 0.25) is 0 Å². The molecule has 1 amide bonds. The summed E-state index contributed by atoms with van der Waals surface area (Å²) < 4.78 is 5.51. The Balaban J connectivity index is 1.70. The van der Waals surface area contributed by atoms with Crippen molar-refractivity contribution in [1.29, 1.82) is 0 Å². The van der Waals surface area contributed by atoms with Gasteiger partial charge in [0.05, 0.1) is 29.2 Å². The van der Waals surface area contributed by atoms with Gasteiger partial charge in [0.2, 0.25) is 5.91 Å². The summed E-state index contributed by atoms with van der Waals surface area (Å²) in [5.41, 5.74) is 3.84. The van der Waals surface area contributed by atoms with E-state index in [2.05, 4.69) is 20.3 Å². The molecule has 23 heavy (non-hydrogen) atoms. The van der Waals surface area contributed by atoms with Gasteiger partial charge in [0.15, 0.2) is 5.76 Å². The molecule has 2 aromatic rings. The summed E-state index contributed by atoms with van der Waals surface area (Å²) in [6, 6.07) is 0.0687. The van der Waals surface area contributed by atoms with Crippen molar-refractivity contribution in [3.63, 3.8) is 0 Å². The van der Waals surface area contributed by atoms with Crippen LogP contribution in [-0.4, -0.2) is 32.7 Å². The van der Waals surface area contributed by atoms with E-state index in [1.54, 1.807) is 6.20 Å². The molecule has 1 aliphatic heterocycles. The second-order valence-corrected chi connectivity index (χ2v) is 6.74. The highest BCUT2D eigenvalue weighted by Gasteiger charge is 2.39. The third kappa shape index (κ3) is 2.46. The monoisotopic (exact) mass is 314 g/mol. The van der Waals surface area contributed by atoms with Gasteiger partial charge in [0.1, 0.15) is 0 Å². The molecule has 3 heterocycles. The van der Waals surface area contributed by atoms with E-state index in [1.165, 1.54) is 0 Å². The van der Waals surface area contributed by atoms with Crippen molar-refractivity contribution in [1.82, 2.24) is 20.3 Å². The first-order valence-corrected chi connectivity index (χ1v) is 8.44. The Labute approximate surface area is 135 Å². The molecular formula is C17H22N4O2. The van der Waals surface area contributed by atoms with E-state index in [9.17, 15) is 4.79 Å². The lowest BCUT2D eigenvalue weighted by Gasteiger charge is -2.35. The molecule has 1 aliphatic carbocycles. The third-order valence-corrected chi connectivity index (χ3v) is 5.12. The smallest absolute Gasteiger partial charge is 0.226 e. The van der Waals surface area contributed by atoms with Crippen molar-refractivity contribution in [3.8, 4) is 11.3 Å². The van der Waals surface area contributed by atoms with Gasteiger partial charge in [0, 0.05) is 18.0 Å². The van der Waals surface area contributed by atoms with Gasteiger partial charge in [-0.1, -0.05) is 5.16 Å². The van der Waals surface area contributed by atoms with E-state index < -0.39 is 0 Å². The van der Waals surface area contributed by atoms with Crippen LogP contribution in [0.1, 0.15) is 55.1 Å². The topological polar surface area (TPSA) is 75.0 Å². The number of carbonyl (C=O) groups is 1. The molecule has 6 nitrogen and oxygen atoms in total. The first-order valence-electron chi connectivity index (χ1n) is 8.44. The number of nitrogens with zero attached hydrogens (tertiary/aromatic N) is 3. The van der Waals surface area contributed by atoms with Crippen LogP contribution in [0.5, 0.6) is 0 Å². The van der Waals surface area contributed by atoms with E-state index in [0.29, 0.717) is 5.91 Å². The fourth-order valence-corrected chi connectivity index (χ4v) is 3.46. The highest BCUT2D eigenvalue weighted by Crippen LogP contribution is 2.40. The molecule has 122 valence electrons. The van der Waals surface area contributed by atoms with Gasteiger partial charge in [-0.15, -0.1) is 0 Å². The number of hydrogen-bond donors (Lipinski definition) is 1. The average Bonchev–Trinajstić information content (AvgIpc) is 3.23. The molecule has 6 heteroatoms. The van der Waals surface area contributed by atoms with E-state index in [1.807, 2.05) is 13.8 Å². The second kappa shape index (κ2) is 5.51. The third-order valence-electron chi connectivity index (χ3n) is 5.12. The lowest BCUT2D eigenvalue weighted by molar-refractivity contribution is -0.136. The molecule has 0 bridgehead atoms. The second-order valence-electron chi connectivity index (χ2n) is 6.74. The lowest BCUT2D eigenvalue weighted by atomic mass is 9.95. The summed E-state index contributed by atoms with van der Waals surface area (Å²) in [6.45, 7) is 4.78. The van der Waals surface area contributed by atoms with E-state index in [0.717, 1.165) is 66.9 Å². The number of piperidine rings is 1. The predicted molar refractivity (Wildman–Crippen MR) is 84.6 cm³/mol. The Bertz CT molecular complexity index is 729. The van der Waals surface area contributed by atoms with Crippen molar-refractivity contribution in [2.75, 3.05) is 6.54 Å². The summed E-state index contributed by atoms with van der Waals surface area (Å²) in [5, 5.41) is 11.4. The van der Waals surface area contributed by atoms with Crippen LogP contribution < -0.4 is 0 Å². The molecular weight excluding hydrogens is 292 g/mol. The maximum atomic E-state index is 12.6. The summed E-state index contributed by atoms with van der Waals surface area (Å²) >= 11 is 0. The molecule has 4 rings (SSSR count). The fourth-order valence-electron chi connectivity index (χ4n) is 3.46. The molecule has 1 saturated carbocycles. The molecule has 1 atom stereocenters. The minimum Gasteiger partial charge on any atom is -0.356 e. The van der Waals surface area contributed by atoms with Crippen LogP contribution in [0.15, 0.2) is 10.7 Å². The van der Waals surface area contributed by atoms with Crippen molar-refractivity contribution in [2.45, 2.75) is 52.0 Å². The highest BCUT2D eigenvalue weighted by molar-refractivity contribution is 5.82. The van der Waals surface area contributed by atoms with E-state index in [4.69, 9.17) is 4.52 Å². The molecule has 0 radical (unpaired) electrons.